The molecule has 1 unspecified atom stereocenters. The Morgan fingerprint density at radius 2 is 1.50 bits per heavy atom. The highest BCUT2D eigenvalue weighted by Crippen LogP contribution is 2.19. The van der Waals surface area contributed by atoms with Crippen LogP contribution in [0.4, 0.5) is 0 Å². The second-order valence-corrected chi connectivity index (χ2v) is 5.06. The van der Waals surface area contributed by atoms with Crippen LogP contribution >= 0.6 is 0 Å². The van der Waals surface area contributed by atoms with Gasteiger partial charge in [-0.05, 0) is 48.5 Å². The predicted molar refractivity (Wildman–Crippen MR) is 68.8 cm³/mol. The average molecular weight is 257 g/mol. The Labute approximate surface area is 108 Å². The van der Waals surface area contributed by atoms with Gasteiger partial charge in [-0.1, -0.05) is 0 Å². The summed E-state index contributed by atoms with van der Waals surface area (Å²) in [4.78, 5) is 1.39. The van der Waals surface area contributed by atoms with E-state index < -0.39 is 10.8 Å². The Morgan fingerprint density at radius 1 is 1.00 bits per heavy atom. The number of nitrogens with zero attached hydrogens (tertiary/aromatic N) is 1. The van der Waals surface area contributed by atoms with Crippen LogP contribution in [0.5, 0.6) is 5.75 Å². The van der Waals surface area contributed by atoms with E-state index in [1.807, 2.05) is 6.07 Å². The summed E-state index contributed by atoms with van der Waals surface area (Å²) in [6.45, 7) is 0. The highest BCUT2D eigenvalue weighted by atomic mass is 32.2. The van der Waals surface area contributed by atoms with Gasteiger partial charge in [0.2, 0.25) is 0 Å². The third-order valence-electron chi connectivity index (χ3n) is 2.47. The van der Waals surface area contributed by atoms with Crippen LogP contribution in [0.3, 0.4) is 0 Å². The quantitative estimate of drug-likeness (QED) is 0.849. The summed E-state index contributed by atoms with van der Waals surface area (Å²) in [7, 11) is 0.358. The van der Waals surface area contributed by atoms with Crippen LogP contribution < -0.4 is 4.74 Å². The fourth-order valence-electron chi connectivity index (χ4n) is 1.49. The minimum absolute atomic E-state index is 0.561. The van der Waals surface area contributed by atoms with Crippen LogP contribution in [0.15, 0.2) is 58.3 Å². The van der Waals surface area contributed by atoms with Crippen molar-refractivity contribution in [1.29, 1.82) is 5.26 Å². The zero-order chi connectivity index (χ0) is 13.0. The number of rotatable bonds is 3. The topological polar surface area (TPSA) is 50.1 Å². The first-order valence-corrected chi connectivity index (χ1v) is 6.45. The number of benzene rings is 2. The Bertz CT molecular complexity index is 597. The summed E-state index contributed by atoms with van der Waals surface area (Å²) < 4.78 is 17.3. The number of nitriles is 1. The molecule has 2 rings (SSSR count). The molecule has 3 nitrogen and oxygen atoms in total. The van der Waals surface area contributed by atoms with Crippen molar-refractivity contribution in [3.63, 3.8) is 0 Å². The molecule has 0 bridgehead atoms. The molecule has 18 heavy (non-hydrogen) atoms. The molecule has 4 heteroatoms. The molecule has 0 aromatic heterocycles. The molecular weight excluding hydrogens is 246 g/mol. The first kappa shape index (κ1) is 12.3. The predicted octanol–water partition coefficient (Wildman–Crippen LogP) is 2.73. The fraction of sp³-hybridized carbons (Fsp3) is 0.0714. The molecule has 0 aliphatic rings. The molecule has 1 atom stereocenters. The van der Waals surface area contributed by atoms with E-state index in [1.54, 1.807) is 55.6 Å². The lowest BCUT2D eigenvalue weighted by Gasteiger charge is -2.04. The highest BCUT2D eigenvalue weighted by Gasteiger charge is 2.07. The van der Waals surface area contributed by atoms with E-state index in [9.17, 15) is 4.21 Å². The van der Waals surface area contributed by atoms with Gasteiger partial charge < -0.3 is 4.74 Å². The Morgan fingerprint density at radius 3 is 1.94 bits per heavy atom. The van der Waals surface area contributed by atoms with E-state index in [4.69, 9.17) is 10.00 Å². The molecule has 2 aromatic rings. The molecular formula is C14H11NO2S. The van der Waals surface area contributed by atoms with E-state index >= 15 is 0 Å². The highest BCUT2D eigenvalue weighted by molar-refractivity contribution is 7.85. The maximum absolute atomic E-state index is 12.2. The standard InChI is InChI=1S/C14H11NO2S/c1-17-12-4-8-14(9-5-12)18(16)13-6-2-11(10-15)3-7-13/h2-9H,1H3. The minimum atomic E-state index is -1.23. The Hall–Kier alpha value is -2.12. The second-order valence-electron chi connectivity index (χ2n) is 3.58. The molecule has 0 saturated carbocycles. The average Bonchev–Trinajstić information content (AvgIpc) is 2.47. The molecule has 0 radical (unpaired) electrons. The van der Waals surface area contributed by atoms with Crippen molar-refractivity contribution in [3.05, 3.63) is 54.1 Å². The van der Waals surface area contributed by atoms with Crippen LogP contribution in [-0.2, 0) is 10.8 Å². The van der Waals surface area contributed by atoms with Crippen LogP contribution in [0.1, 0.15) is 5.56 Å². The van der Waals surface area contributed by atoms with Crippen LogP contribution in [-0.4, -0.2) is 11.3 Å². The van der Waals surface area contributed by atoms with Crippen molar-refractivity contribution in [2.24, 2.45) is 0 Å². The first-order chi connectivity index (χ1) is 8.74. The molecule has 0 amide bonds. The minimum Gasteiger partial charge on any atom is -0.497 e. The first-order valence-electron chi connectivity index (χ1n) is 5.30. The van der Waals surface area contributed by atoms with Crippen LogP contribution in [0.25, 0.3) is 0 Å². The fourth-order valence-corrected chi connectivity index (χ4v) is 2.53. The van der Waals surface area contributed by atoms with Gasteiger partial charge in [0, 0.05) is 9.79 Å². The van der Waals surface area contributed by atoms with Gasteiger partial charge in [-0.15, -0.1) is 0 Å². The van der Waals surface area contributed by atoms with Crippen molar-refractivity contribution >= 4 is 10.8 Å². The Balaban J connectivity index is 2.26. The third-order valence-corrected chi connectivity index (χ3v) is 3.87. The molecule has 90 valence electrons. The SMILES string of the molecule is COc1ccc(S(=O)c2ccc(C#N)cc2)cc1. The Kier molecular flexibility index (Phi) is 3.75. The summed E-state index contributed by atoms with van der Waals surface area (Å²) >= 11 is 0. The van der Waals surface area contributed by atoms with Gasteiger partial charge in [0.15, 0.2) is 0 Å². The van der Waals surface area contributed by atoms with Gasteiger partial charge in [-0.3, -0.25) is 0 Å². The molecule has 0 spiro atoms. The monoisotopic (exact) mass is 257 g/mol. The summed E-state index contributed by atoms with van der Waals surface area (Å²) in [5, 5.41) is 8.70. The summed E-state index contributed by atoms with van der Waals surface area (Å²) in [6.07, 6.45) is 0. The molecule has 0 N–H and O–H groups in total. The lowest BCUT2D eigenvalue weighted by molar-refractivity contribution is 0.414. The van der Waals surface area contributed by atoms with Crippen molar-refractivity contribution in [1.82, 2.24) is 0 Å². The maximum Gasteiger partial charge on any atom is 0.118 e. The number of ether oxygens (including phenoxy) is 1. The zero-order valence-electron chi connectivity index (χ0n) is 9.79. The largest absolute Gasteiger partial charge is 0.497 e. The van der Waals surface area contributed by atoms with E-state index in [2.05, 4.69) is 0 Å². The lowest BCUT2D eigenvalue weighted by atomic mass is 10.2. The summed E-state index contributed by atoms with van der Waals surface area (Å²) in [5.41, 5.74) is 0.561. The van der Waals surface area contributed by atoms with Gasteiger partial charge in [0.05, 0.1) is 29.5 Å². The van der Waals surface area contributed by atoms with Gasteiger partial charge >= 0.3 is 0 Å². The van der Waals surface area contributed by atoms with E-state index in [-0.39, 0.29) is 0 Å². The summed E-state index contributed by atoms with van der Waals surface area (Å²) in [5.74, 6) is 0.732. The molecule has 0 fully saturated rings. The zero-order valence-corrected chi connectivity index (χ0v) is 10.6. The van der Waals surface area contributed by atoms with Crippen LogP contribution in [0.2, 0.25) is 0 Å². The molecule has 2 aromatic carbocycles. The number of hydrogen-bond acceptors (Lipinski definition) is 3. The van der Waals surface area contributed by atoms with Gasteiger partial charge in [0.1, 0.15) is 5.75 Å². The van der Waals surface area contributed by atoms with E-state index in [1.165, 1.54) is 0 Å². The van der Waals surface area contributed by atoms with Gasteiger partial charge in [-0.2, -0.15) is 5.26 Å². The van der Waals surface area contributed by atoms with E-state index in [0.29, 0.717) is 15.4 Å². The molecule has 0 heterocycles. The normalized spacial score (nSPS) is 11.6. The van der Waals surface area contributed by atoms with Crippen LogP contribution in [0, 0.1) is 11.3 Å². The molecule has 0 saturated heterocycles. The van der Waals surface area contributed by atoms with Crippen molar-refractivity contribution in [3.8, 4) is 11.8 Å². The molecule has 0 aliphatic heterocycles. The smallest absolute Gasteiger partial charge is 0.118 e. The summed E-state index contributed by atoms with van der Waals surface area (Å²) in [6, 6.07) is 15.9. The number of hydrogen-bond donors (Lipinski definition) is 0. The van der Waals surface area contributed by atoms with Gasteiger partial charge in [-0.25, -0.2) is 4.21 Å². The second kappa shape index (κ2) is 5.48. The van der Waals surface area contributed by atoms with Crippen molar-refractivity contribution in [2.75, 3.05) is 7.11 Å². The van der Waals surface area contributed by atoms with Crippen molar-refractivity contribution < 1.29 is 8.95 Å². The maximum atomic E-state index is 12.2. The lowest BCUT2D eigenvalue weighted by Crippen LogP contribution is -1.93. The third kappa shape index (κ3) is 2.58. The van der Waals surface area contributed by atoms with Gasteiger partial charge in [0.25, 0.3) is 0 Å². The van der Waals surface area contributed by atoms with E-state index in [0.717, 1.165) is 5.75 Å². The molecule has 0 aliphatic carbocycles. The number of methoxy groups -OCH3 is 1. The van der Waals surface area contributed by atoms with Crippen molar-refractivity contribution in [2.45, 2.75) is 9.79 Å².